The fourth-order valence-electron chi connectivity index (χ4n) is 4.26. The van der Waals surface area contributed by atoms with Gasteiger partial charge in [-0.1, -0.05) is 26.0 Å². The van der Waals surface area contributed by atoms with Crippen LogP contribution in [0.3, 0.4) is 0 Å². The van der Waals surface area contributed by atoms with Crippen molar-refractivity contribution in [2.24, 2.45) is 0 Å². The highest BCUT2D eigenvalue weighted by atomic mass is 16.3. The monoisotopic (exact) mass is 473 g/mol. The first kappa shape index (κ1) is 22.7. The molecular formula is C25H27N7O3. The van der Waals surface area contributed by atoms with Gasteiger partial charge in [0.05, 0.1) is 36.4 Å². The smallest absolute Gasteiger partial charge is 0.256 e. The maximum absolute atomic E-state index is 13.0. The van der Waals surface area contributed by atoms with Crippen LogP contribution in [0.2, 0.25) is 0 Å². The van der Waals surface area contributed by atoms with Gasteiger partial charge in [-0.15, -0.1) is 0 Å². The number of H-pyrrole nitrogens is 1. The molecule has 0 saturated heterocycles. The average Bonchev–Trinajstić information content (AvgIpc) is 3.23. The van der Waals surface area contributed by atoms with E-state index in [9.17, 15) is 14.7 Å². The summed E-state index contributed by atoms with van der Waals surface area (Å²) in [7, 11) is 0. The molecule has 0 unspecified atom stereocenters. The number of nitrogens with one attached hydrogen (secondary N) is 2. The van der Waals surface area contributed by atoms with E-state index in [-0.39, 0.29) is 23.5 Å². The highest BCUT2D eigenvalue weighted by Gasteiger charge is 2.24. The second kappa shape index (κ2) is 8.62. The standard InChI is InChI=1S/C25H27N7O3/c1-15-10-21-28-20(29-23(34)16-4-6-17(7-5-16)25(2,3)13-33)11-22(32(21)30-15)31-9-8-19-18(12-31)24(35)27-14-26-19/h4-7,10-11,14,33H,8-9,12-13H2,1-3H3,(H,26,27,35)(H,28,29,34). The van der Waals surface area contributed by atoms with E-state index in [1.807, 2.05) is 43.9 Å². The molecule has 5 rings (SSSR count). The van der Waals surface area contributed by atoms with E-state index < -0.39 is 0 Å². The van der Waals surface area contributed by atoms with Crippen molar-refractivity contribution in [3.63, 3.8) is 0 Å². The number of aliphatic hydroxyl groups is 1. The number of carbonyl (C=O) groups excluding carboxylic acids is 1. The number of aromatic nitrogens is 5. The summed E-state index contributed by atoms with van der Waals surface area (Å²) in [5, 5.41) is 17.0. The minimum atomic E-state index is -0.388. The Kier molecular flexibility index (Phi) is 5.60. The Morgan fingerprint density at radius 3 is 2.74 bits per heavy atom. The quantitative estimate of drug-likeness (QED) is 0.405. The predicted molar refractivity (Wildman–Crippen MR) is 132 cm³/mol. The number of fused-ring (bicyclic) bond motifs is 2. The molecule has 10 nitrogen and oxygen atoms in total. The Balaban J connectivity index is 1.46. The van der Waals surface area contributed by atoms with Crippen LogP contribution in [0.1, 0.15) is 46.7 Å². The van der Waals surface area contributed by atoms with Gasteiger partial charge in [-0.3, -0.25) is 9.59 Å². The number of hydrogen-bond donors (Lipinski definition) is 3. The van der Waals surface area contributed by atoms with Crippen molar-refractivity contribution in [3.05, 3.63) is 81.2 Å². The minimum absolute atomic E-state index is 0.0128. The van der Waals surface area contributed by atoms with E-state index in [1.54, 1.807) is 22.7 Å². The molecule has 3 N–H and O–H groups in total. The zero-order chi connectivity index (χ0) is 24.7. The van der Waals surface area contributed by atoms with Crippen molar-refractivity contribution >= 4 is 23.2 Å². The van der Waals surface area contributed by atoms with Gasteiger partial charge in [0.2, 0.25) is 0 Å². The Bertz CT molecular complexity index is 1470. The van der Waals surface area contributed by atoms with Gasteiger partial charge in [0.25, 0.3) is 11.5 Å². The topological polar surface area (TPSA) is 129 Å². The zero-order valence-electron chi connectivity index (χ0n) is 19.9. The number of carbonyl (C=O) groups is 1. The second-order valence-corrected chi connectivity index (χ2v) is 9.46. The summed E-state index contributed by atoms with van der Waals surface area (Å²) >= 11 is 0. The molecule has 1 aromatic carbocycles. The van der Waals surface area contributed by atoms with E-state index in [4.69, 9.17) is 0 Å². The lowest BCUT2D eigenvalue weighted by Crippen LogP contribution is -2.36. The summed E-state index contributed by atoms with van der Waals surface area (Å²) in [6.45, 7) is 6.81. The lowest BCUT2D eigenvalue weighted by molar-refractivity contribution is 0.102. The minimum Gasteiger partial charge on any atom is -0.395 e. The first-order valence-corrected chi connectivity index (χ1v) is 11.5. The third-order valence-electron chi connectivity index (χ3n) is 6.43. The summed E-state index contributed by atoms with van der Waals surface area (Å²) in [6, 6.07) is 10.8. The van der Waals surface area contributed by atoms with Crippen molar-refractivity contribution in [1.82, 2.24) is 24.6 Å². The van der Waals surface area contributed by atoms with Crippen molar-refractivity contribution < 1.29 is 9.90 Å². The molecule has 10 heteroatoms. The van der Waals surface area contributed by atoms with Crippen LogP contribution < -0.4 is 15.8 Å². The molecule has 0 aliphatic carbocycles. The van der Waals surface area contributed by atoms with E-state index in [2.05, 4.69) is 25.4 Å². The first-order chi connectivity index (χ1) is 16.7. The van der Waals surface area contributed by atoms with Gasteiger partial charge in [-0.25, -0.2) is 9.97 Å². The summed E-state index contributed by atoms with van der Waals surface area (Å²) in [5.74, 6) is 0.831. The van der Waals surface area contributed by atoms with Crippen LogP contribution in [0, 0.1) is 6.92 Å². The number of aryl methyl sites for hydroxylation is 1. The van der Waals surface area contributed by atoms with Crippen molar-refractivity contribution in [2.75, 3.05) is 23.4 Å². The number of benzene rings is 1. The van der Waals surface area contributed by atoms with Crippen molar-refractivity contribution in [1.29, 1.82) is 0 Å². The summed E-state index contributed by atoms with van der Waals surface area (Å²) in [5.41, 5.74) is 3.71. The van der Waals surface area contributed by atoms with Crippen LogP contribution >= 0.6 is 0 Å². The third kappa shape index (κ3) is 4.28. The number of aliphatic hydroxyl groups excluding tert-OH is 1. The van der Waals surface area contributed by atoms with Crippen molar-refractivity contribution in [3.8, 4) is 0 Å². The number of hydrogen-bond acceptors (Lipinski definition) is 7. The highest BCUT2D eigenvalue weighted by molar-refractivity contribution is 6.04. The van der Waals surface area contributed by atoms with E-state index in [1.165, 1.54) is 6.33 Å². The molecule has 1 aliphatic rings. The molecular weight excluding hydrogens is 446 g/mol. The molecule has 0 radical (unpaired) electrons. The van der Waals surface area contributed by atoms with Crippen LogP contribution in [0.25, 0.3) is 5.65 Å². The van der Waals surface area contributed by atoms with Gasteiger partial charge in [0, 0.05) is 36.1 Å². The third-order valence-corrected chi connectivity index (χ3v) is 6.43. The number of aromatic amines is 1. The van der Waals surface area contributed by atoms with Crippen LogP contribution in [-0.4, -0.2) is 48.7 Å². The summed E-state index contributed by atoms with van der Waals surface area (Å²) in [4.78, 5) is 38.9. The maximum Gasteiger partial charge on any atom is 0.256 e. The number of nitrogens with zero attached hydrogens (tertiary/aromatic N) is 5. The average molecular weight is 474 g/mol. The van der Waals surface area contributed by atoms with E-state index >= 15 is 0 Å². The van der Waals surface area contributed by atoms with Gasteiger partial charge < -0.3 is 20.3 Å². The van der Waals surface area contributed by atoms with E-state index in [0.29, 0.717) is 42.1 Å². The summed E-state index contributed by atoms with van der Waals surface area (Å²) in [6.07, 6.45) is 2.06. The fourth-order valence-corrected chi connectivity index (χ4v) is 4.26. The zero-order valence-corrected chi connectivity index (χ0v) is 19.9. The Morgan fingerprint density at radius 1 is 1.23 bits per heavy atom. The lowest BCUT2D eigenvalue weighted by atomic mass is 9.85. The first-order valence-electron chi connectivity index (χ1n) is 11.5. The molecule has 0 bridgehead atoms. The van der Waals surface area contributed by atoms with Crippen LogP contribution in [0.4, 0.5) is 11.6 Å². The van der Waals surface area contributed by atoms with E-state index in [0.717, 1.165) is 22.8 Å². The summed E-state index contributed by atoms with van der Waals surface area (Å²) < 4.78 is 1.73. The molecule has 35 heavy (non-hydrogen) atoms. The Hall–Kier alpha value is -4.05. The lowest BCUT2D eigenvalue weighted by Gasteiger charge is -2.29. The normalized spacial score (nSPS) is 13.7. The Morgan fingerprint density at radius 2 is 2.00 bits per heavy atom. The van der Waals surface area contributed by atoms with Gasteiger partial charge in [-0.05, 0) is 24.6 Å². The molecule has 0 saturated carbocycles. The van der Waals surface area contributed by atoms with Crippen LogP contribution in [-0.2, 0) is 18.4 Å². The molecule has 4 aromatic rings. The number of anilines is 2. The van der Waals surface area contributed by atoms with Crippen molar-refractivity contribution in [2.45, 2.75) is 39.2 Å². The molecule has 180 valence electrons. The second-order valence-electron chi connectivity index (χ2n) is 9.46. The maximum atomic E-state index is 13.0. The van der Waals surface area contributed by atoms with Gasteiger partial charge in [0.15, 0.2) is 5.65 Å². The fraction of sp³-hybridized carbons (Fsp3) is 0.320. The van der Waals surface area contributed by atoms with Gasteiger partial charge in [-0.2, -0.15) is 9.61 Å². The van der Waals surface area contributed by atoms with Gasteiger partial charge >= 0.3 is 0 Å². The largest absolute Gasteiger partial charge is 0.395 e. The molecule has 0 spiro atoms. The molecule has 1 amide bonds. The highest BCUT2D eigenvalue weighted by Crippen LogP contribution is 2.26. The number of rotatable bonds is 5. The number of amides is 1. The SMILES string of the molecule is Cc1cc2nc(NC(=O)c3ccc(C(C)(C)CO)cc3)cc(N3CCc4nc[nH]c(=O)c4C3)n2n1. The molecule has 3 aromatic heterocycles. The molecule has 0 fully saturated rings. The molecule has 4 heterocycles. The predicted octanol–water partition coefficient (Wildman–Crippen LogP) is 2.21. The van der Waals surface area contributed by atoms with Gasteiger partial charge in [0.1, 0.15) is 11.6 Å². The molecule has 0 atom stereocenters. The Labute approximate surface area is 201 Å². The van der Waals surface area contributed by atoms with Crippen LogP contribution in [0.5, 0.6) is 0 Å². The van der Waals surface area contributed by atoms with Crippen LogP contribution in [0.15, 0.2) is 47.5 Å². The molecule has 1 aliphatic heterocycles.